The zero-order valence-corrected chi connectivity index (χ0v) is 17.9. The largest absolute Gasteiger partial charge is 0.465 e. The molecule has 6 nitrogen and oxygen atoms in total. The molecular weight excluding hydrogens is 400 g/mol. The van der Waals surface area contributed by atoms with E-state index in [0.717, 1.165) is 54.1 Å². The zero-order chi connectivity index (χ0) is 20.9. The van der Waals surface area contributed by atoms with Crippen LogP contribution in [0.5, 0.6) is 0 Å². The van der Waals surface area contributed by atoms with Crippen LogP contribution in [0.2, 0.25) is 0 Å². The lowest BCUT2D eigenvalue weighted by atomic mass is 10.00. The second kappa shape index (κ2) is 7.17. The second-order valence-corrected chi connectivity index (χ2v) is 10.3. The van der Waals surface area contributed by atoms with Crippen LogP contribution in [0.1, 0.15) is 69.0 Å². The van der Waals surface area contributed by atoms with Gasteiger partial charge in [0.1, 0.15) is 5.54 Å². The standard InChI is InChI=1S/C23H26N2O4S/c1-2-29-22(26)23(11-3-4-12-23)25-30(27,28)17-9-10-18-19(13-17)21(16-7-8-16)24-14-20(18)15-5-6-15/h7,9-10,13-15,25H,2-6,8,11-12H2,1H3. The van der Waals surface area contributed by atoms with E-state index in [2.05, 4.69) is 15.8 Å². The molecule has 158 valence electrons. The van der Waals surface area contributed by atoms with Crippen molar-refractivity contribution in [2.45, 2.75) is 68.2 Å². The maximum atomic E-state index is 13.3. The minimum atomic E-state index is -3.89. The second-order valence-electron chi connectivity index (χ2n) is 8.59. The first-order chi connectivity index (χ1) is 14.4. The summed E-state index contributed by atoms with van der Waals surface area (Å²) >= 11 is 0. The van der Waals surface area contributed by atoms with Crippen LogP contribution in [0.15, 0.2) is 35.4 Å². The van der Waals surface area contributed by atoms with E-state index in [-0.39, 0.29) is 11.5 Å². The van der Waals surface area contributed by atoms with Gasteiger partial charge in [-0.2, -0.15) is 4.72 Å². The minimum Gasteiger partial charge on any atom is -0.465 e. The fourth-order valence-corrected chi connectivity index (χ4v) is 5.98. The maximum Gasteiger partial charge on any atom is 0.327 e. The Balaban J connectivity index is 1.56. The molecule has 0 amide bonds. The predicted molar refractivity (Wildman–Crippen MR) is 114 cm³/mol. The molecule has 0 saturated heterocycles. The summed E-state index contributed by atoms with van der Waals surface area (Å²) in [5.74, 6) is 0.0433. The van der Waals surface area contributed by atoms with Crippen LogP contribution in [0.25, 0.3) is 16.3 Å². The van der Waals surface area contributed by atoms with Crippen molar-refractivity contribution in [2.24, 2.45) is 0 Å². The number of benzene rings is 1. The third-order valence-electron chi connectivity index (χ3n) is 6.38. The van der Waals surface area contributed by atoms with Gasteiger partial charge in [-0.05, 0) is 73.6 Å². The molecule has 0 aliphatic heterocycles. The molecule has 2 aromatic rings. The third-order valence-corrected chi connectivity index (χ3v) is 7.92. The molecule has 0 unspecified atom stereocenters. The Morgan fingerprint density at radius 1 is 1.23 bits per heavy atom. The van der Waals surface area contributed by atoms with E-state index in [0.29, 0.717) is 18.8 Å². The van der Waals surface area contributed by atoms with Crippen molar-refractivity contribution in [2.75, 3.05) is 6.61 Å². The van der Waals surface area contributed by atoms with Crippen LogP contribution in [-0.4, -0.2) is 31.5 Å². The average molecular weight is 427 g/mol. The fourth-order valence-electron chi connectivity index (χ4n) is 4.54. The van der Waals surface area contributed by atoms with Gasteiger partial charge in [0, 0.05) is 11.6 Å². The van der Waals surface area contributed by atoms with Crippen molar-refractivity contribution in [1.29, 1.82) is 0 Å². The lowest BCUT2D eigenvalue weighted by molar-refractivity contribution is -0.150. The Kier molecular flexibility index (Phi) is 4.71. The topological polar surface area (TPSA) is 85.4 Å². The number of allylic oxidation sites excluding steroid dienone is 2. The molecule has 1 heterocycles. The van der Waals surface area contributed by atoms with Crippen molar-refractivity contribution in [3.8, 4) is 0 Å². The van der Waals surface area contributed by atoms with E-state index in [4.69, 9.17) is 4.74 Å². The number of fused-ring (bicyclic) bond motifs is 1. The molecular formula is C23H26N2O4S. The van der Waals surface area contributed by atoms with Crippen LogP contribution in [0.3, 0.4) is 0 Å². The monoisotopic (exact) mass is 426 g/mol. The number of carbonyl (C=O) groups excluding carboxylic acids is 1. The van der Waals surface area contributed by atoms with Crippen LogP contribution in [0.4, 0.5) is 0 Å². The molecule has 2 fully saturated rings. The number of aromatic nitrogens is 1. The fraction of sp³-hybridized carbons (Fsp3) is 0.478. The van der Waals surface area contributed by atoms with Crippen molar-refractivity contribution in [3.63, 3.8) is 0 Å². The highest BCUT2D eigenvalue weighted by Crippen LogP contribution is 2.45. The van der Waals surface area contributed by atoms with E-state index in [9.17, 15) is 13.2 Å². The number of sulfonamides is 1. The highest BCUT2D eigenvalue weighted by Gasteiger charge is 2.46. The molecule has 1 aromatic carbocycles. The van der Waals surface area contributed by atoms with Gasteiger partial charge in [0.25, 0.3) is 0 Å². The van der Waals surface area contributed by atoms with E-state index in [1.165, 1.54) is 5.56 Å². The number of ether oxygens (including phenoxy) is 1. The summed E-state index contributed by atoms with van der Waals surface area (Å²) in [6, 6.07) is 5.27. The summed E-state index contributed by atoms with van der Waals surface area (Å²) in [6.45, 7) is 1.96. The number of pyridine rings is 1. The lowest BCUT2D eigenvalue weighted by Gasteiger charge is -2.27. The summed E-state index contributed by atoms with van der Waals surface area (Å²) in [5, 5.41) is 1.96. The Labute approximate surface area is 176 Å². The molecule has 3 aliphatic carbocycles. The van der Waals surface area contributed by atoms with Gasteiger partial charge in [-0.25, -0.2) is 8.42 Å². The molecule has 0 atom stereocenters. The third kappa shape index (κ3) is 3.44. The number of nitrogens with zero attached hydrogens (tertiary/aromatic N) is 1. The Morgan fingerprint density at radius 2 is 1.97 bits per heavy atom. The molecule has 3 aliphatic rings. The van der Waals surface area contributed by atoms with Gasteiger partial charge < -0.3 is 4.74 Å². The number of esters is 1. The van der Waals surface area contributed by atoms with Crippen LogP contribution in [0, 0.1) is 0 Å². The number of hydrogen-bond acceptors (Lipinski definition) is 5. The molecule has 0 radical (unpaired) electrons. The summed E-state index contributed by atoms with van der Waals surface area (Å²) in [7, 11) is -3.89. The molecule has 30 heavy (non-hydrogen) atoms. The Morgan fingerprint density at radius 3 is 2.60 bits per heavy atom. The van der Waals surface area contributed by atoms with Gasteiger partial charge in [-0.1, -0.05) is 25.0 Å². The normalized spacial score (nSPS) is 20.2. The highest BCUT2D eigenvalue weighted by atomic mass is 32.2. The number of rotatable bonds is 7. The molecule has 0 bridgehead atoms. The van der Waals surface area contributed by atoms with E-state index >= 15 is 0 Å². The SMILES string of the molecule is CCOC(=O)C1(NS(=O)(=O)c2ccc3c(C4CC4)cnc(C4=CC4)c3c2)CCCC1. The zero-order valence-electron chi connectivity index (χ0n) is 17.1. The summed E-state index contributed by atoms with van der Waals surface area (Å²) in [4.78, 5) is 17.4. The van der Waals surface area contributed by atoms with Gasteiger partial charge in [0.15, 0.2) is 0 Å². The first-order valence-electron chi connectivity index (χ1n) is 10.8. The smallest absolute Gasteiger partial charge is 0.327 e. The van der Waals surface area contributed by atoms with Gasteiger partial charge >= 0.3 is 5.97 Å². The first-order valence-corrected chi connectivity index (χ1v) is 12.3. The lowest BCUT2D eigenvalue weighted by Crippen LogP contribution is -2.53. The molecule has 5 rings (SSSR count). The van der Waals surface area contributed by atoms with Crippen LogP contribution >= 0.6 is 0 Å². The molecule has 7 heteroatoms. The van der Waals surface area contributed by atoms with Crippen molar-refractivity contribution < 1.29 is 17.9 Å². The average Bonchev–Trinajstić information content (AvgIpc) is 3.65. The van der Waals surface area contributed by atoms with E-state index < -0.39 is 21.5 Å². The molecule has 1 N–H and O–H groups in total. The van der Waals surface area contributed by atoms with E-state index in [1.807, 2.05) is 12.3 Å². The summed E-state index contributed by atoms with van der Waals surface area (Å²) in [5.41, 5.74) is 2.06. The van der Waals surface area contributed by atoms with Crippen molar-refractivity contribution in [3.05, 3.63) is 41.7 Å². The van der Waals surface area contributed by atoms with Gasteiger partial charge in [0.2, 0.25) is 10.0 Å². The molecule has 1 aromatic heterocycles. The first kappa shape index (κ1) is 19.7. The van der Waals surface area contributed by atoms with Crippen LogP contribution < -0.4 is 4.72 Å². The van der Waals surface area contributed by atoms with Crippen molar-refractivity contribution >= 4 is 32.3 Å². The van der Waals surface area contributed by atoms with Gasteiger partial charge in [-0.3, -0.25) is 9.78 Å². The minimum absolute atomic E-state index is 0.169. The van der Waals surface area contributed by atoms with Gasteiger partial charge in [0.05, 0.1) is 17.2 Å². The number of nitrogens with one attached hydrogen (secondary N) is 1. The summed E-state index contributed by atoms with van der Waals surface area (Å²) in [6.07, 6.45) is 9.78. The predicted octanol–water partition coefficient (Wildman–Crippen LogP) is 4.05. The molecule has 0 spiro atoms. The quantitative estimate of drug-likeness (QED) is 0.675. The van der Waals surface area contributed by atoms with Crippen LogP contribution in [-0.2, 0) is 19.6 Å². The number of carbonyl (C=O) groups is 1. The van der Waals surface area contributed by atoms with E-state index in [1.54, 1.807) is 19.1 Å². The number of hydrogen-bond donors (Lipinski definition) is 1. The Bertz CT molecular complexity index is 1160. The van der Waals surface area contributed by atoms with Gasteiger partial charge in [-0.15, -0.1) is 0 Å². The Hall–Kier alpha value is -2.25. The maximum absolute atomic E-state index is 13.3. The highest BCUT2D eigenvalue weighted by molar-refractivity contribution is 7.89. The summed E-state index contributed by atoms with van der Waals surface area (Å²) < 4.78 is 34.6. The molecule has 2 saturated carbocycles. The van der Waals surface area contributed by atoms with Crippen molar-refractivity contribution in [1.82, 2.24) is 9.71 Å².